The van der Waals surface area contributed by atoms with Crippen LogP contribution in [-0.4, -0.2) is 18.2 Å². The lowest BCUT2D eigenvalue weighted by Gasteiger charge is -2.10. The van der Waals surface area contributed by atoms with Crippen molar-refractivity contribution in [2.24, 2.45) is 5.10 Å². The van der Waals surface area contributed by atoms with Gasteiger partial charge in [-0.1, -0.05) is 18.2 Å². The molecule has 2 aromatic rings. The van der Waals surface area contributed by atoms with E-state index in [2.05, 4.69) is 5.10 Å². The van der Waals surface area contributed by atoms with E-state index in [4.69, 9.17) is 10.00 Å². The average Bonchev–Trinajstić information content (AvgIpc) is 2.57. The van der Waals surface area contributed by atoms with Gasteiger partial charge in [-0.3, -0.25) is 10.2 Å². The SMILES string of the molecule is N#Cc1cc(F)c(N/N=C\C(=O)C(F)(F)F)cc1Oc1ccccc1. The highest BCUT2D eigenvalue weighted by Crippen LogP contribution is 2.30. The van der Waals surface area contributed by atoms with E-state index in [1.165, 1.54) is 0 Å². The largest absolute Gasteiger partial charge is 0.456 e. The summed E-state index contributed by atoms with van der Waals surface area (Å²) in [4.78, 5) is 10.7. The zero-order valence-corrected chi connectivity index (χ0v) is 12.3. The smallest absolute Gasteiger partial charge is 0.455 e. The van der Waals surface area contributed by atoms with Crippen LogP contribution in [0.1, 0.15) is 5.56 Å². The van der Waals surface area contributed by atoms with Crippen molar-refractivity contribution in [1.29, 1.82) is 5.26 Å². The summed E-state index contributed by atoms with van der Waals surface area (Å²) in [5.74, 6) is -2.81. The van der Waals surface area contributed by atoms with Crippen LogP contribution in [0.4, 0.5) is 23.2 Å². The Morgan fingerprint density at radius 1 is 1.24 bits per heavy atom. The summed E-state index contributed by atoms with van der Waals surface area (Å²) >= 11 is 0. The molecule has 0 fully saturated rings. The highest BCUT2D eigenvalue weighted by atomic mass is 19.4. The van der Waals surface area contributed by atoms with Gasteiger partial charge >= 0.3 is 6.18 Å². The normalized spacial score (nSPS) is 11.2. The maximum Gasteiger partial charge on any atom is 0.455 e. The number of benzene rings is 2. The third-order valence-corrected chi connectivity index (χ3v) is 2.81. The molecule has 0 aliphatic carbocycles. The van der Waals surface area contributed by atoms with E-state index in [0.717, 1.165) is 12.1 Å². The molecule has 25 heavy (non-hydrogen) atoms. The number of ether oxygens (including phenoxy) is 1. The number of para-hydroxylation sites is 1. The van der Waals surface area contributed by atoms with Crippen LogP contribution in [0.3, 0.4) is 0 Å². The zero-order chi connectivity index (χ0) is 18.4. The molecule has 0 spiro atoms. The number of carbonyl (C=O) groups is 1. The molecule has 0 bridgehead atoms. The van der Waals surface area contributed by atoms with Gasteiger partial charge < -0.3 is 4.74 Å². The second-order valence-electron chi connectivity index (χ2n) is 4.59. The van der Waals surface area contributed by atoms with Gasteiger partial charge in [0.15, 0.2) is 0 Å². The molecular weight excluding hydrogens is 342 g/mol. The molecule has 0 aliphatic rings. The second kappa shape index (κ2) is 7.44. The first-order valence-electron chi connectivity index (χ1n) is 6.68. The molecule has 0 aliphatic heterocycles. The molecule has 2 rings (SSSR count). The Morgan fingerprint density at radius 3 is 2.52 bits per heavy atom. The number of hydrogen-bond acceptors (Lipinski definition) is 5. The van der Waals surface area contributed by atoms with Crippen LogP contribution in [0.15, 0.2) is 47.6 Å². The number of anilines is 1. The van der Waals surface area contributed by atoms with Crippen LogP contribution < -0.4 is 10.2 Å². The van der Waals surface area contributed by atoms with Crippen molar-refractivity contribution < 1.29 is 27.1 Å². The number of carbonyl (C=O) groups excluding carboxylic acids is 1. The zero-order valence-electron chi connectivity index (χ0n) is 12.3. The summed E-state index contributed by atoms with van der Waals surface area (Å²) in [6, 6.07) is 11.9. The van der Waals surface area contributed by atoms with Gasteiger partial charge in [-0.2, -0.15) is 23.5 Å². The molecule has 0 unspecified atom stereocenters. The fourth-order valence-corrected chi connectivity index (χ4v) is 1.66. The van der Waals surface area contributed by atoms with Crippen molar-refractivity contribution in [3.8, 4) is 17.6 Å². The molecule has 0 heterocycles. The van der Waals surface area contributed by atoms with Crippen LogP contribution in [0, 0.1) is 17.1 Å². The maximum absolute atomic E-state index is 13.9. The minimum absolute atomic E-state index is 0.0185. The van der Waals surface area contributed by atoms with E-state index in [-0.39, 0.29) is 23.2 Å². The quantitative estimate of drug-likeness (QED) is 0.502. The Labute approximate surface area is 139 Å². The number of nitriles is 1. The molecule has 0 amide bonds. The fourth-order valence-electron chi connectivity index (χ4n) is 1.66. The Kier molecular flexibility index (Phi) is 5.34. The van der Waals surface area contributed by atoms with Crippen LogP contribution in [0.5, 0.6) is 11.5 Å². The molecule has 1 N–H and O–H groups in total. The molecule has 2 aromatic carbocycles. The van der Waals surface area contributed by atoms with E-state index in [9.17, 15) is 22.4 Å². The number of rotatable bonds is 5. The number of Topliss-reactive ketones (excluding diaryl/α,β-unsaturated/α-hetero) is 1. The molecular formula is C16H9F4N3O2. The van der Waals surface area contributed by atoms with Crippen LogP contribution in [0.25, 0.3) is 0 Å². The summed E-state index contributed by atoms with van der Waals surface area (Å²) in [5.41, 5.74) is 1.49. The van der Waals surface area contributed by atoms with Gasteiger partial charge in [0.1, 0.15) is 23.4 Å². The number of hydrazone groups is 1. The Bertz CT molecular complexity index is 843. The van der Waals surface area contributed by atoms with Crippen molar-refractivity contribution in [3.63, 3.8) is 0 Å². The van der Waals surface area contributed by atoms with Crippen molar-refractivity contribution in [2.45, 2.75) is 6.18 Å². The standard InChI is InChI=1S/C16H9F4N3O2/c17-12-6-10(8-21)14(25-11-4-2-1-3-5-11)7-13(12)23-22-9-15(24)16(18,19)20/h1-7,9,23H/b22-9-. The van der Waals surface area contributed by atoms with Gasteiger partial charge in [0.2, 0.25) is 0 Å². The molecule has 0 saturated heterocycles. The lowest BCUT2D eigenvalue weighted by molar-refractivity contribution is -0.162. The number of ketones is 1. The first-order valence-corrected chi connectivity index (χ1v) is 6.68. The van der Waals surface area contributed by atoms with Gasteiger partial charge in [-0.15, -0.1) is 0 Å². The third-order valence-electron chi connectivity index (χ3n) is 2.81. The molecule has 9 heteroatoms. The van der Waals surface area contributed by atoms with E-state index in [1.807, 2.05) is 5.43 Å². The van der Waals surface area contributed by atoms with Crippen molar-refractivity contribution in [3.05, 3.63) is 53.8 Å². The van der Waals surface area contributed by atoms with Gasteiger partial charge in [0.05, 0.1) is 17.5 Å². The lowest BCUT2D eigenvalue weighted by Crippen LogP contribution is -2.24. The molecule has 5 nitrogen and oxygen atoms in total. The Morgan fingerprint density at radius 2 is 1.92 bits per heavy atom. The lowest BCUT2D eigenvalue weighted by atomic mass is 10.2. The summed E-state index contributed by atoms with van der Waals surface area (Å²) in [5, 5.41) is 12.1. The molecule has 128 valence electrons. The Balaban J connectivity index is 2.25. The van der Waals surface area contributed by atoms with E-state index < -0.39 is 17.8 Å². The van der Waals surface area contributed by atoms with E-state index in [0.29, 0.717) is 5.75 Å². The number of nitrogens with zero attached hydrogens (tertiary/aromatic N) is 2. The van der Waals surface area contributed by atoms with Crippen molar-refractivity contribution in [2.75, 3.05) is 5.43 Å². The second-order valence-corrected chi connectivity index (χ2v) is 4.59. The van der Waals surface area contributed by atoms with Gasteiger partial charge in [0, 0.05) is 6.07 Å². The van der Waals surface area contributed by atoms with Gasteiger partial charge in [-0.05, 0) is 18.2 Å². The molecule has 0 atom stereocenters. The third kappa shape index (κ3) is 4.78. The first-order chi connectivity index (χ1) is 11.8. The van der Waals surface area contributed by atoms with Crippen molar-refractivity contribution in [1.82, 2.24) is 0 Å². The summed E-state index contributed by atoms with van der Waals surface area (Å²) < 4.78 is 55.5. The molecule has 0 saturated carbocycles. The maximum atomic E-state index is 13.9. The van der Waals surface area contributed by atoms with E-state index in [1.54, 1.807) is 36.4 Å². The topological polar surface area (TPSA) is 74.5 Å². The number of alkyl halides is 3. The number of hydrogen-bond donors (Lipinski definition) is 1. The highest BCUT2D eigenvalue weighted by Gasteiger charge is 2.36. The minimum Gasteiger partial charge on any atom is -0.456 e. The van der Waals surface area contributed by atoms with Crippen molar-refractivity contribution >= 4 is 17.7 Å². The highest BCUT2D eigenvalue weighted by molar-refractivity contribution is 6.30. The number of halogens is 4. The predicted molar refractivity (Wildman–Crippen MR) is 80.8 cm³/mol. The Hall–Kier alpha value is -3.41. The van der Waals surface area contributed by atoms with Crippen LogP contribution >= 0.6 is 0 Å². The van der Waals surface area contributed by atoms with Crippen LogP contribution in [-0.2, 0) is 4.79 Å². The molecule has 0 radical (unpaired) electrons. The monoisotopic (exact) mass is 351 g/mol. The van der Waals surface area contributed by atoms with Crippen LogP contribution in [0.2, 0.25) is 0 Å². The van der Waals surface area contributed by atoms with Gasteiger partial charge in [-0.25, -0.2) is 4.39 Å². The average molecular weight is 351 g/mol. The van der Waals surface area contributed by atoms with Gasteiger partial charge in [0.25, 0.3) is 5.78 Å². The molecule has 0 aromatic heterocycles. The number of nitrogens with one attached hydrogen (secondary N) is 1. The fraction of sp³-hybridized carbons (Fsp3) is 0.0625. The summed E-state index contributed by atoms with van der Waals surface area (Å²) in [6.45, 7) is 0. The van der Waals surface area contributed by atoms with E-state index >= 15 is 0 Å². The minimum atomic E-state index is -5.07. The summed E-state index contributed by atoms with van der Waals surface area (Å²) in [7, 11) is 0. The predicted octanol–water partition coefficient (Wildman–Crippen LogP) is 4.02. The first kappa shape index (κ1) is 17.9. The summed E-state index contributed by atoms with van der Waals surface area (Å²) in [6.07, 6.45) is -5.09.